The fourth-order valence-electron chi connectivity index (χ4n) is 2.09. The van der Waals surface area contributed by atoms with Crippen molar-refractivity contribution in [3.05, 3.63) is 35.1 Å². The highest BCUT2D eigenvalue weighted by Crippen LogP contribution is 2.19. The Kier molecular flexibility index (Phi) is 3.67. The van der Waals surface area contributed by atoms with Gasteiger partial charge in [0.1, 0.15) is 5.82 Å². The van der Waals surface area contributed by atoms with E-state index in [4.69, 9.17) is 11.6 Å². The summed E-state index contributed by atoms with van der Waals surface area (Å²) in [6, 6.07) is 4.89. The number of amides is 1. The van der Waals surface area contributed by atoms with Crippen LogP contribution in [-0.2, 0) is 0 Å². The summed E-state index contributed by atoms with van der Waals surface area (Å²) < 4.78 is 13.8. The number of piperidine rings is 1. The number of likely N-dealkylation sites (tertiary alicyclic amines) is 1. The molecule has 0 spiro atoms. The van der Waals surface area contributed by atoms with Crippen molar-refractivity contribution in [1.82, 2.24) is 4.90 Å². The maximum absolute atomic E-state index is 13.8. The van der Waals surface area contributed by atoms with Crippen molar-refractivity contribution in [2.24, 2.45) is 0 Å². The van der Waals surface area contributed by atoms with Gasteiger partial charge in [0.15, 0.2) is 0 Å². The highest BCUT2D eigenvalue weighted by atomic mass is 35.5. The molecule has 0 radical (unpaired) electrons. The minimum absolute atomic E-state index is 0.0134. The van der Waals surface area contributed by atoms with E-state index in [0.717, 1.165) is 12.8 Å². The number of hydrogen-bond acceptors (Lipinski definition) is 1. The SMILES string of the molecule is Cc1cccc(C(=O)N2CCCC(Cl)C2)c1F. The molecule has 0 N–H and O–H groups in total. The number of hydrogen-bond donors (Lipinski definition) is 0. The number of carbonyl (C=O) groups is 1. The van der Waals surface area contributed by atoms with Crippen molar-refractivity contribution < 1.29 is 9.18 Å². The van der Waals surface area contributed by atoms with E-state index in [9.17, 15) is 9.18 Å². The molecule has 1 aromatic rings. The number of rotatable bonds is 1. The first-order valence-electron chi connectivity index (χ1n) is 5.78. The van der Waals surface area contributed by atoms with Crippen LogP contribution in [0.5, 0.6) is 0 Å². The summed E-state index contributed by atoms with van der Waals surface area (Å²) in [5.41, 5.74) is 0.644. The quantitative estimate of drug-likeness (QED) is 0.707. The van der Waals surface area contributed by atoms with Crippen molar-refractivity contribution in [3.63, 3.8) is 0 Å². The molecule has 1 aromatic carbocycles. The Hall–Kier alpha value is -1.09. The Balaban J connectivity index is 2.22. The molecule has 2 nitrogen and oxygen atoms in total. The lowest BCUT2D eigenvalue weighted by Crippen LogP contribution is -2.40. The second kappa shape index (κ2) is 5.05. The molecule has 2 rings (SSSR count). The van der Waals surface area contributed by atoms with Gasteiger partial charge in [-0.15, -0.1) is 11.6 Å². The van der Waals surface area contributed by atoms with E-state index in [1.165, 1.54) is 6.07 Å². The molecule has 1 aliphatic heterocycles. The summed E-state index contributed by atoms with van der Waals surface area (Å²) in [6.07, 6.45) is 1.80. The molecule has 0 bridgehead atoms. The molecular weight excluding hydrogens is 241 g/mol. The van der Waals surface area contributed by atoms with Crippen LogP contribution in [0.4, 0.5) is 4.39 Å². The zero-order chi connectivity index (χ0) is 12.4. The van der Waals surface area contributed by atoms with E-state index in [2.05, 4.69) is 0 Å². The molecule has 1 fully saturated rings. The van der Waals surface area contributed by atoms with Gasteiger partial charge < -0.3 is 4.90 Å². The summed E-state index contributed by atoms with van der Waals surface area (Å²) >= 11 is 6.03. The predicted octanol–water partition coefficient (Wildman–Crippen LogP) is 2.98. The van der Waals surface area contributed by atoms with Crippen LogP contribution in [0.2, 0.25) is 0 Å². The van der Waals surface area contributed by atoms with Crippen LogP contribution in [0.1, 0.15) is 28.8 Å². The second-order valence-corrected chi connectivity index (χ2v) is 5.04. The number of aryl methyl sites for hydroxylation is 1. The van der Waals surface area contributed by atoms with Crippen LogP contribution in [0, 0.1) is 12.7 Å². The fourth-order valence-corrected chi connectivity index (χ4v) is 2.41. The molecule has 0 aromatic heterocycles. The van der Waals surface area contributed by atoms with Crippen molar-refractivity contribution in [2.75, 3.05) is 13.1 Å². The molecule has 1 atom stereocenters. The fraction of sp³-hybridized carbons (Fsp3) is 0.462. The average molecular weight is 256 g/mol. The molecule has 0 saturated carbocycles. The lowest BCUT2D eigenvalue weighted by atomic mass is 10.1. The maximum atomic E-state index is 13.8. The van der Waals surface area contributed by atoms with E-state index in [1.807, 2.05) is 0 Å². The molecule has 0 aliphatic carbocycles. The number of nitrogens with zero attached hydrogens (tertiary/aromatic N) is 1. The van der Waals surface area contributed by atoms with Gasteiger partial charge in [-0.25, -0.2) is 4.39 Å². The van der Waals surface area contributed by atoms with Crippen LogP contribution in [-0.4, -0.2) is 29.3 Å². The van der Waals surface area contributed by atoms with Crippen molar-refractivity contribution in [3.8, 4) is 0 Å². The average Bonchev–Trinajstić information content (AvgIpc) is 2.32. The van der Waals surface area contributed by atoms with Gasteiger partial charge in [0.2, 0.25) is 0 Å². The Morgan fingerprint density at radius 3 is 3.00 bits per heavy atom. The van der Waals surface area contributed by atoms with Gasteiger partial charge in [-0.1, -0.05) is 12.1 Å². The highest BCUT2D eigenvalue weighted by molar-refractivity contribution is 6.21. The van der Waals surface area contributed by atoms with Crippen LogP contribution in [0.25, 0.3) is 0 Å². The standard InChI is InChI=1S/C13H15ClFNO/c1-9-4-2-6-11(12(9)15)13(17)16-7-3-5-10(14)8-16/h2,4,6,10H,3,5,7-8H2,1H3. The zero-order valence-electron chi connectivity index (χ0n) is 9.75. The Labute approximate surface area is 105 Å². The van der Waals surface area contributed by atoms with Crippen LogP contribution in [0.3, 0.4) is 0 Å². The summed E-state index contributed by atoms with van der Waals surface area (Å²) in [6.45, 7) is 2.83. The monoisotopic (exact) mass is 255 g/mol. The Morgan fingerprint density at radius 1 is 1.53 bits per heavy atom. The van der Waals surface area contributed by atoms with E-state index in [1.54, 1.807) is 24.0 Å². The third-order valence-corrected chi connectivity index (χ3v) is 3.43. The van der Waals surface area contributed by atoms with Gasteiger partial charge in [-0.3, -0.25) is 4.79 Å². The summed E-state index contributed by atoms with van der Waals surface area (Å²) in [5.74, 6) is -0.675. The van der Waals surface area contributed by atoms with E-state index in [0.29, 0.717) is 18.7 Å². The van der Waals surface area contributed by atoms with Crippen molar-refractivity contribution in [1.29, 1.82) is 0 Å². The third-order valence-electron chi connectivity index (χ3n) is 3.07. The smallest absolute Gasteiger partial charge is 0.256 e. The van der Waals surface area contributed by atoms with Crippen LogP contribution < -0.4 is 0 Å². The second-order valence-electron chi connectivity index (χ2n) is 4.43. The molecular formula is C13H15ClFNO. The first-order chi connectivity index (χ1) is 8.09. The van der Waals surface area contributed by atoms with Crippen molar-refractivity contribution in [2.45, 2.75) is 25.1 Å². The van der Waals surface area contributed by atoms with Gasteiger partial charge in [0, 0.05) is 13.1 Å². The normalized spacial score (nSPS) is 20.4. The minimum Gasteiger partial charge on any atom is -0.337 e. The number of alkyl halides is 1. The van der Waals surface area contributed by atoms with E-state index >= 15 is 0 Å². The maximum Gasteiger partial charge on any atom is 0.256 e. The van der Waals surface area contributed by atoms with Gasteiger partial charge >= 0.3 is 0 Å². The van der Waals surface area contributed by atoms with Gasteiger partial charge in [-0.05, 0) is 31.4 Å². The lowest BCUT2D eigenvalue weighted by Gasteiger charge is -2.30. The predicted molar refractivity (Wildman–Crippen MR) is 65.9 cm³/mol. The van der Waals surface area contributed by atoms with Gasteiger partial charge in [0.05, 0.1) is 10.9 Å². The molecule has 1 amide bonds. The minimum atomic E-state index is -0.422. The molecule has 17 heavy (non-hydrogen) atoms. The van der Waals surface area contributed by atoms with Gasteiger partial charge in [-0.2, -0.15) is 0 Å². The number of halogens is 2. The van der Waals surface area contributed by atoms with Crippen LogP contribution >= 0.6 is 11.6 Å². The lowest BCUT2D eigenvalue weighted by molar-refractivity contribution is 0.0722. The highest BCUT2D eigenvalue weighted by Gasteiger charge is 2.25. The van der Waals surface area contributed by atoms with E-state index < -0.39 is 5.82 Å². The zero-order valence-corrected chi connectivity index (χ0v) is 10.5. The van der Waals surface area contributed by atoms with Gasteiger partial charge in [0.25, 0.3) is 5.91 Å². The first-order valence-corrected chi connectivity index (χ1v) is 6.21. The molecule has 1 aliphatic rings. The summed E-state index contributed by atoms with van der Waals surface area (Å²) in [4.78, 5) is 13.8. The number of carbonyl (C=O) groups excluding carboxylic acids is 1. The molecule has 1 heterocycles. The molecule has 1 saturated heterocycles. The van der Waals surface area contributed by atoms with E-state index in [-0.39, 0.29) is 16.8 Å². The van der Waals surface area contributed by atoms with Crippen LogP contribution in [0.15, 0.2) is 18.2 Å². The first kappa shape index (κ1) is 12.4. The summed E-state index contributed by atoms with van der Waals surface area (Å²) in [7, 11) is 0. The van der Waals surface area contributed by atoms with Crippen molar-refractivity contribution >= 4 is 17.5 Å². The topological polar surface area (TPSA) is 20.3 Å². The molecule has 1 unspecified atom stereocenters. The molecule has 92 valence electrons. The largest absolute Gasteiger partial charge is 0.337 e. The Morgan fingerprint density at radius 2 is 2.29 bits per heavy atom. The third kappa shape index (κ3) is 2.60. The molecule has 4 heteroatoms. The Bertz CT molecular complexity index is 435. The summed E-state index contributed by atoms with van der Waals surface area (Å²) in [5, 5.41) is -0.0134. The number of benzene rings is 1.